The molecule has 0 N–H and O–H groups in total. The fraction of sp³-hybridized carbons (Fsp3) is 1.00. The first-order valence-electron chi connectivity index (χ1n) is 9.03. The average Bonchev–Trinajstić information content (AvgIpc) is 2.47. The average molecular weight is 320 g/mol. The normalized spacial score (nSPS) is 15.8. The highest BCUT2D eigenvalue weighted by Crippen LogP contribution is 2.51. The zero-order chi connectivity index (χ0) is 16.0. The van der Waals surface area contributed by atoms with Gasteiger partial charge in [-0.15, -0.1) is 0 Å². The van der Waals surface area contributed by atoms with Gasteiger partial charge in [0.2, 0.25) is 0 Å². The maximum Gasteiger partial charge on any atom is 0.330 e. The van der Waals surface area contributed by atoms with Gasteiger partial charge < -0.3 is 9.05 Å². The van der Waals surface area contributed by atoms with Crippen LogP contribution < -0.4 is 0 Å². The predicted octanol–water partition coefficient (Wildman–Crippen LogP) is 6.56. The molecule has 21 heavy (non-hydrogen) atoms. The molecule has 0 saturated heterocycles. The van der Waals surface area contributed by atoms with Crippen molar-refractivity contribution in [1.29, 1.82) is 0 Å². The molecule has 0 aromatic rings. The first-order valence-corrected chi connectivity index (χ1v) is 10.8. The van der Waals surface area contributed by atoms with E-state index in [1.807, 2.05) is 0 Å². The molecule has 0 aliphatic rings. The zero-order valence-corrected chi connectivity index (χ0v) is 15.6. The van der Waals surface area contributed by atoms with Crippen LogP contribution in [0.2, 0.25) is 0 Å². The summed E-state index contributed by atoms with van der Waals surface area (Å²) in [6.07, 6.45) is 11.2. The van der Waals surface area contributed by atoms with Crippen LogP contribution in [0.4, 0.5) is 0 Å². The summed E-state index contributed by atoms with van der Waals surface area (Å²) in [6, 6.07) is 0. The highest BCUT2D eigenvalue weighted by Gasteiger charge is 2.27. The molecule has 0 rings (SSSR count). The van der Waals surface area contributed by atoms with Crippen LogP contribution in [0.5, 0.6) is 0 Å². The fourth-order valence-corrected chi connectivity index (χ4v) is 4.36. The van der Waals surface area contributed by atoms with Gasteiger partial charge in [-0.3, -0.25) is 4.57 Å². The second kappa shape index (κ2) is 13.8. The Labute approximate surface area is 132 Å². The van der Waals surface area contributed by atoms with E-state index < -0.39 is 7.60 Å². The fourth-order valence-electron chi connectivity index (χ4n) is 2.29. The summed E-state index contributed by atoms with van der Waals surface area (Å²) < 4.78 is 24.7. The van der Waals surface area contributed by atoms with Crippen LogP contribution in [-0.2, 0) is 13.6 Å². The van der Waals surface area contributed by atoms with Crippen molar-refractivity contribution in [3.05, 3.63) is 0 Å². The van der Waals surface area contributed by atoms with Gasteiger partial charge in [-0.1, -0.05) is 66.2 Å². The molecule has 0 bridgehead atoms. The van der Waals surface area contributed by atoms with Crippen molar-refractivity contribution >= 4 is 7.60 Å². The van der Waals surface area contributed by atoms with Crippen LogP contribution >= 0.6 is 7.60 Å². The van der Waals surface area contributed by atoms with E-state index in [1.54, 1.807) is 0 Å². The van der Waals surface area contributed by atoms with Gasteiger partial charge in [-0.25, -0.2) is 0 Å². The molecule has 0 amide bonds. The third-order valence-corrected chi connectivity index (χ3v) is 5.68. The molecule has 0 aliphatic heterocycles. The first-order chi connectivity index (χ1) is 10.1. The maximum absolute atomic E-state index is 12.9. The van der Waals surface area contributed by atoms with Crippen LogP contribution in [0.25, 0.3) is 0 Å². The van der Waals surface area contributed by atoms with Gasteiger partial charge in [0.15, 0.2) is 0 Å². The summed E-state index contributed by atoms with van der Waals surface area (Å²) >= 11 is 0. The van der Waals surface area contributed by atoms with E-state index in [9.17, 15) is 4.57 Å². The van der Waals surface area contributed by atoms with E-state index in [1.165, 1.54) is 0 Å². The van der Waals surface area contributed by atoms with E-state index >= 15 is 0 Å². The van der Waals surface area contributed by atoms with Crippen LogP contribution in [0, 0.1) is 0 Å². The smallest absolute Gasteiger partial charge is 0.309 e. The summed E-state index contributed by atoms with van der Waals surface area (Å²) in [5.74, 6) is 0. The molecule has 0 fully saturated rings. The minimum absolute atomic E-state index is 0.101. The van der Waals surface area contributed by atoms with Crippen LogP contribution in [0.1, 0.15) is 91.9 Å². The highest BCUT2D eigenvalue weighted by molar-refractivity contribution is 7.53. The van der Waals surface area contributed by atoms with Crippen molar-refractivity contribution in [3.8, 4) is 0 Å². The monoisotopic (exact) mass is 320 g/mol. The third kappa shape index (κ3) is 11.4. The molecule has 0 spiro atoms. The molecule has 128 valence electrons. The third-order valence-electron chi connectivity index (χ3n) is 3.62. The first kappa shape index (κ1) is 21.1. The highest BCUT2D eigenvalue weighted by atomic mass is 31.2. The van der Waals surface area contributed by atoms with Crippen molar-refractivity contribution in [2.24, 2.45) is 0 Å². The van der Waals surface area contributed by atoms with Gasteiger partial charge in [0.1, 0.15) is 0 Å². The molecule has 0 saturated carbocycles. The van der Waals surface area contributed by atoms with Crippen LogP contribution in [0.3, 0.4) is 0 Å². The van der Waals surface area contributed by atoms with Crippen molar-refractivity contribution in [1.82, 2.24) is 0 Å². The number of hydrogen-bond acceptors (Lipinski definition) is 3. The quantitative estimate of drug-likeness (QED) is 0.253. The van der Waals surface area contributed by atoms with Crippen molar-refractivity contribution in [2.45, 2.75) is 98.0 Å². The van der Waals surface area contributed by atoms with E-state index in [-0.39, 0.29) is 6.10 Å². The van der Waals surface area contributed by atoms with E-state index in [2.05, 4.69) is 27.7 Å². The minimum atomic E-state index is -2.90. The van der Waals surface area contributed by atoms with Crippen molar-refractivity contribution in [3.63, 3.8) is 0 Å². The number of unbranched alkanes of at least 4 members (excludes halogenated alkanes) is 4. The lowest BCUT2D eigenvalue weighted by molar-refractivity contribution is 0.129. The van der Waals surface area contributed by atoms with Crippen molar-refractivity contribution in [2.75, 3.05) is 12.8 Å². The molecule has 0 radical (unpaired) electrons. The SMILES string of the molecule is CCCCCOP(=O)(CCCC)OC(CCC)CCCC. The van der Waals surface area contributed by atoms with Crippen LogP contribution in [0.15, 0.2) is 0 Å². The Morgan fingerprint density at radius 3 is 2.05 bits per heavy atom. The summed E-state index contributed by atoms with van der Waals surface area (Å²) in [5.41, 5.74) is 0. The Balaban J connectivity index is 4.48. The van der Waals surface area contributed by atoms with Crippen LogP contribution in [-0.4, -0.2) is 18.9 Å². The van der Waals surface area contributed by atoms with E-state index in [4.69, 9.17) is 9.05 Å². The standard InChI is InChI=1S/C17H37O3P/c1-5-9-12-15-19-21(18,16-11-7-3)20-17(13-8-4)14-10-6-2/h17H,5-16H2,1-4H3. The van der Waals surface area contributed by atoms with Gasteiger partial charge in [0.05, 0.1) is 18.9 Å². The van der Waals surface area contributed by atoms with Gasteiger partial charge in [-0.05, 0) is 25.7 Å². The molecule has 2 atom stereocenters. The second-order valence-electron chi connectivity index (χ2n) is 5.89. The van der Waals surface area contributed by atoms with E-state index in [0.29, 0.717) is 12.8 Å². The Bertz CT molecular complexity index is 269. The summed E-state index contributed by atoms with van der Waals surface area (Å²) in [4.78, 5) is 0. The lowest BCUT2D eigenvalue weighted by Gasteiger charge is -2.24. The largest absolute Gasteiger partial charge is 0.330 e. The molecular weight excluding hydrogens is 283 g/mol. The number of hydrogen-bond donors (Lipinski definition) is 0. The Kier molecular flexibility index (Phi) is 13.9. The van der Waals surface area contributed by atoms with Gasteiger partial charge in [-0.2, -0.15) is 0 Å². The number of rotatable bonds is 15. The predicted molar refractivity (Wildman–Crippen MR) is 92.2 cm³/mol. The molecular formula is C17H37O3P. The molecule has 4 heteroatoms. The summed E-state index contributed by atoms with van der Waals surface area (Å²) in [7, 11) is -2.90. The molecule has 2 unspecified atom stereocenters. The maximum atomic E-state index is 12.9. The molecule has 0 heterocycles. The van der Waals surface area contributed by atoms with Crippen molar-refractivity contribution < 1.29 is 13.6 Å². The second-order valence-corrected chi connectivity index (χ2v) is 8.02. The lowest BCUT2D eigenvalue weighted by atomic mass is 10.1. The molecule has 0 aromatic heterocycles. The molecule has 3 nitrogen and oxygen atoms in total. The summed E-state index contributed by atoms with van der Waals surface area (Å²) in [6.45, 7) is 9.18. The Morgan fingerprint density at radius 1 is 0.810 bits per heavy atom. The Hall–Kier alpha value is 0.150. The topological polar surface area (TPSA) is 35.5 Å². The van der Waals surface area contributed by atoms with Gasteiger partial charge in [0, 0.05) is 0 Å². The zero-order valence-electron chi connectivity index (χ0n) is 14.7. The molecule has 0 aromatic carbocycles. The van der Waals surface area contributed by atoms with Gasteiger partial charge in [0.25, 0.3) is 0 Å². The lowest BCUT2D eigenvalue weighted by Crippen LogP contribution is -2.14. The summed E-state index contributed by atoms with van der Waals surface area (Å²) in [5, 5.41) is 0. The van der Waals surface area contributed by atoms with Gasteiger partial charge >= 0.3 is 7.60 Å². The molecule has 0 aliphatic carbocycles. The Morgan fingerprint density at radius 2 is 1.48 bits per heavy atom. The minimum Gasteiger partial charge on any atom is -0.309 e. The van der Waals surface area contributed by atoms with E-state index in [0.717, 1.165) is 64.2 Å².